The van der Waals surface area contributed by atoms with Gasteiger partial charge in [0.2, 0.25) is 0 Å². The van der Waals surface area contributed by atoms with Gasteiger partial charge in [-0.2, -0.15) is 5.10 Å². The summed E-state index contributed by atoms with van der Waals surface area (Å²) in [6, 6.07) is 6.86. The van der Waals surface area contributed by atoms with E-state index in [1.54, 1.807) is 7.11 Å². The van der Waals surface area contributed by atoms with E-state index in [0.717, 1.165) is 64.2 Å². The maximum absolute atomic E-state index is 11.9. The van der Waals surface area contributed by atoms with Gasteiger partial charge in [0.25, 0.3) is 0 Å². The van der Waals surface area contributed by atoms with E-state index < -0.39 is 0 Å². The smallest absolute Gasteiger partial charge is 0.409 e. The summed E-state index contributed by atoms with van der Waals surface area (Å²) in [6.07, 6.45) is 4.17. The number of ether oxygens (including phenoxy) is 2. The van der Waals surface area contributed by atoms with Gasteiger partial charge in [-0.05, 0) is 70.8 Å². The molecule has 2 aromatic rings. The van der Waals surface area contributed by atoms with Crippen LogP contribution in [0.1, 0.15) is 51.1 Å². The van der Waals surface area contributed by atoms with Crippen LogP contribution in [-0.4, -0.2) is 71.6 Å². The molecule has 0 unspecified atom stereocenters. The van der Waals surface area contributed by atoms with Gasteiger partial charge in [0.1, 0.15) is 5.75 Å². The highest BCUT2D eigenvalue weighted by molar-refractivity contribution is 5.84. The molecule has 1 amide bonds. The second-order valence-corrected chi connectivity index (χ2v) is 8.31. The van der Waals surface area contributed by atoms with Gasteiger partial charge >= 0.3 is 6.09 Å². The van der Waals surface area contributed by atoms with Crippen LogP contribution in [0.15, 0.2) is 18.2 Å². The van der Waals surface area contributed by atoms with Crippen LogP contribution in [0.3, 0.4) is 0 Å². The fourth-order valence-corrected chi connectivity index (χ4v) is 5.02. The summed E-state index contributed by atoms with van der Waals surface area (Å²) in [6.45, 7) is 9.12. The topological polar surface area (TPSA) is 59.8 Å². The molecule has 0 saturated carbocycles. The summed E-state index contributed by atoms with van der Waals surface area (Å²) in [5.41, 5.74) is 2.42. The first-order chi connectivity index (χ1) is 14.6. The van der Waals surface area contributed by atoms with Gasteiger partial charge in [-0.25, -0.2) is 4.79 Å². The molecule has 7 nitrogen and oxygen atoms in total. The number of rotatable bonds is 5. The molecule has 4 rings (SSSR count). The van der Waals surface area contributed by atoms with E-state index in [1.165, 1.54) is 16.6 Å². The van der Waals surface area contributed by atoms with Crippen molar-refractivity contribution in [2.75, 3.05) is 39.9 Å². The Morgan fingerprint density at radius 3 is 2.47 bits per heavy atom. The number of nitrogens with zero attached hydrogens (tertiary/aromatic N) is 4. The maximum atomic E-state index is 11.9. The second kappa shape index (κ2) is 9.25. The number of benzene rings is 1. The van der Waals surface area contributed by atoms with Gasteiger partial charge in [0.15, 0.2) is 0 Å². The van der Waals surface area contributed by atoms with Crippen molar-refractivity contribution in [2.45, 2.75) is 58.0 Å². The van der Waals surface area contributed by atoms with Gasteiger partial charge in [-0.15, -0.1) is 0 Å². The highest BCUT2D eigenvalue weighted by Gasteiger charge is 2.31. The first kappa shape index (κ1) is 21.0. The largest absolute Gasteiger partial charge is 0.497 e. The lowest BCUT2D eigenvalue weighted by molar-refractivity contribution is 0.0661. The molecule has 0 radical (unpaired) electrons. The summed E-state index contributed by atoms with van der Waals surface area (Å²) in [5.74, 6) is 1.38. The minimum absolute atomic E-state index is 0.163. The van der Waals surface area contributed by atoms with E-state index >= 15 is 0 Å². The van der Waals surface area contributed by atoms with Crippen molar-refractivity contribution in [3.8, 4) is 5.75 Å². The minimum Gasteiger partial charge on any atom is -0.497 e. The highest BCUT2D eigenvalue weighted by atomic mass is 16.6. The monoisotopic (exact) mass is 414 g/mol. The fraction of sp³-hybridized carbons (Fsp3) is 0.652. The Hall–Kier alpha value is -2.28. The Balaban J connectivity index is 1.39. The number of carbonyl (C=O) groups excluding carboxylic acids is 1. The maximum Gasteiger partial charge on any atom is 0.409 e. The van der Waals surface area contributed by atoms with Crippen LogP contribution < -0.4 is 4.74 Å². The van der Waals surface area contributed by atoms with Gasteiger partial charge < -0.3 is 19.3 Å². The molecular weight excluding hydrogens is 380 g/mol. The first-order valence-corrected chi connectivity index (χ1v) is 11.3. The average Bonchev–Trinajstić information content (AvgIpc) is 3.17. The SMILES string of the molecule is CCOC(=O)N1CCC(N2CCC(c3nn(CC)c4ccc(OC)cc34)CC2)CC1. The van der Waals surface area contributed by atoms with Gasteiger partial charge in [-0.3, -0.25) is 4.68 Å². The Kier molecular flexibility index (Phi) is 6.46. The summed E-state index contributed by atoms with van der Waals surface area (Å²) in [5, 5.41) is 6.21. The quantitative estimate of drug-likeness (QED) is 0.743. The van der Waals surface area contributed by atoms with E-state index in [9.17, 15) is 4.79 Å². The van der Waals surface area contributed by atoms with E-state index in [0.29, 0.717) is 18.6 Å². The van der Waals surface area contributed by atoms with Crippen LogP contribution >= 0.6 is 0 Å². The molecule has 3 heterocycles. The molecule has 30 heavy (non-hydrogen) atoms. The third kappa shape index (κ3) is 4.13. The van der Waals surface area contributed by atoms with Gasteiger partial charge in [0.05, 0.1) is 24.9 Å². The number of amides is 1. The number of piperidine rings is 2. The molecule has 164 valence electrons. The van der Waals surface area contributed by atoms with Crippen molar-refractivity contribution in [3.63, 3.8) is 0 Å². The predicted molar refractivity (Wildman–Crippen MR) is 117 cm³/mol. The summed E-state index contributed by atoms with van der Waals surface area (Å²) >= 11 is 0. The predicted octanol–water partition coefficient (Wildman–Crippen LogP) is 3.87. The molecule has 0 aliphatic carbocycles. The molecule has 1 aromatic heterocycles. The average molecular weight is 415 g/mol. The van der Waals surface area contributed by atoms with Crippen molar-refractivity contribution in [1.29, 1.82) is 0 Å². The van der Waals surface area contributed by atoms with Crippen molar-refractivity contribution in [1.82, 2.24) is 19.6 Å². The van der Waals surface area contributed by atoms with Gasteiger partial charge in [-0.1, -0.05) is 0 Å². The molecule has 0 N–H and O–H groups in total. The summed E-state index contributed by atoms with van der Waals surface area (Å²) in [7, 11) is 1.72. The van der Waals surface area contributed by atoms with E-state index in [4.69, 9.17) is 14.6 Å². The summed E-state index contributed by atoms with van der Waals surface area (Å²) < 4.78 is 12.7. The molecule has 1 aromatic carbocycles. The molecule has 2 aliphatic heterocycles. The standard InChI is InChI=1S/C23H34N4O3/c1-4-27-21-7-6-19(29-3)16-20(21)22(24-27)17-8-12-25(13-9-17)18-10-14-26(15-11-18)23(28)30-5-2/h6-7,16-18H,4-5,8-15H2,1-3H3. The highest BCUT2D eigenvalue weighted by Crippen LogP contribution is 2.35. The van der Waals surface area contributed by atoms with Crippen LogP contribution in [0.4, 0.5) is 4.79 Å². The number of aromatic nitrogens is 2. The zero-order valence-electron chi connectivity index (χ0n) is 18.5. The Bertz CT molecular complexity index is 865. The third-order valence-corrected chi connectivity index (χ3v) is 6.71. The Labute approximate surface area is 178 Å². The van der Waals surface area contributed by atoms with E-state index in [-0.39, 0.29) is 6.09 Å². The van der Waals surface area contributed by atoms with Crippen LogP contribution in [0.5, 0.6) is 5.75 Å². The van der Waals surface area contributed by atoms with Crippen LogP contribution in [0.2, 0.25) is 0 Å². The zero-order chi connectivity index (χ0) is 21.1. The molecule has 7 heteroatoms. The third-order valence-electron chi connectivity index (χ3n) is 6.71. The number of methoxy groups -OCH3 is 1. The fourth-order valence-electron chi connectivity index (χ4n) is 5.02. The molecule has 0 atom stereocenters. The Morgan fingerprint density at radius 2 is 1.83 bits per heavy atom. The number of fused-ring (bicyclic) bond motifs is 1. The lowest BCUT2D eigenvalue weighted by atomic mass is 9.89. The van der Waals surface area contributed by atoms with Gasteiger partial charge in [0, 0.05) is 37.0 Å². The molecule has 2 saturated heterocycles. The number of hydrogen-bond acceptors (Lipinski definition) is 5. The van der Waals surface area contributed by atoms with Crippen molar-refractivity contribution < 1.29 is 14.3 Å². The van der Waals surface area contributed by atoms with Crippen LogP contribution in [0, 0.1) is 0 Å². The minimum atomic E-state index is -0.163. The van der Waals surface area contributed by atoms with E-state index in [1.807, 2.05) is 17.9 Å². The van der Waals surface area contributed by atoms with Crippen LogP contribution in [-0.2, 0) is 11.3 Å². The van der Waals surface area contributed by atoms with Crippen molar-refractivity contribution in [2.24, 2.45) is 0 Å². The first-order valence-electron chi connectivity index (χ1n) is 11.3. The van der Waals surface area contributed by atoms with Crippen molar-refractivity contribution in [3.05, 3.63) is 23.9 Å². The molecule has 2 fully saturated rings. The number of carbonyl (C=O) groups is 1. The lowest BCUT2D eigenvalue weighted by Gasteiger charge is -2.41. The summed E-state index contributed by atoms with van der Waals surface area (Å²) in [4.78, 5) is 16.4. The number of aryl methyl sites for hydroxylation is 1. The molecular formula is C23H34N4O3. The molecule has 0 spiro atoms. The normalized spacial score (nSPS) is 19.4. The van der Waals surface area contributed by atoms with Crippen LogP contribution in [0.25, 0.3) is 10.9 Å². The molecule has 2 aliphatic rings. The van der Waals surface area contributed by atoms with E-state index in [2.05, 4.69) is 28.6 Å². The zero-order valence-corrected chi connectivity index (χ0v) is 18.5. The Morgan fingerprint density at radius 1 is 1.10 bits per heavy atom. The van der Waals surface area contributed by atoms with Crippen molar-refractivity contribution >= 4 is 17.0 Å². The molecule has 0 bridgehead atoms. The second-order valence-electron chi connectivity index (χ2n) is 8.31. The lowest BCUT2D eigenvalue weighted by Crippen LogP contribution is -2.49. The number of hydrogen-bond donors (Lipinski definition) is 0. The number of likely N-dealkylation sites (tertiary alicyclic amines) is 2.